The largest absolute Gasteiger partial charge is 0.496 e. The summed E-state index contributed by atoms with van der Waals surface area (Å²) in [7, 11) is 1.77. The van der Waals surface area contributed by atoms with Crippen molar-refractivity contribution in [1.29, 1.82) is 0 Å². The standard InChI is InChI=1S/C17H21BrO/c1-19-14-5-3-2-4-10(14)9-13(18)17-15-11-6-7-12(8-11)16(15)17/h2-5,11-13,15-17H,6-9H2,1H3. The Kier molecular flexibility index (Phi) is 2.91. The molecule has 0 amide bonds. The maximum absolute atomic E-state index is 5.47. The molecule has 3 saturated carbocycles. The van der Waals surface area contributed by atoms with E-state index in [1.807, 2.05) is 0 Å². The molecular formula is C17H21BrO. The molecule has 19 heavy (non-hydrogen) atoms. The zero-order valence-electron chi connectivity index (χ0n) is 11.4. The van der Waals surface area contributed by atoms with E-state index in [9.17, 15) is 0 Å². The van der Waals surface area contributed by atoms with Gasteiger partial charge in [-0.2, -0.15) is 0 Å². The van der Waals surface area contributed by atoms with E-state index in [1.165, 1.54) is 18.4 Å². The van der Waals surface area contributed by atoms with E-state index in [2.05, 4.69) is 40.2 Å². The van der Waals surface area contributed by atoms with Gasteiger partial charge in [0.15, 0.2) is 0 Å². The van der Waals surface area contributed by atoms with Gasteiger partial charge in [0.25, 0.3) is 0 Å². The molecule has 0 N–H and O–H groups in total. The van der Waals surface area contributed by atoms with Crippen LogP contribution in [0.1, 0.15) is 24.8 Å². The minimum absolute atomic E-state index is 0.641. The van der Waals surface area contributed by atoms with Gasteiger partial charge in [-0.3, -0.25) is 0 Å². The molecule has 0 aliphatic heterocycles. The highest BCUT2D eigenvalue weighted by molar-refractivity contribution is 9.09. The summed E-state index contributed by atoms with van der Waals surface area (Å²) in [5.41, 5.74) is 1.35. The van der Waals surface area contributed by atoms with Crippen LogP contribution in [0.4, 0.5) is 0 Å². The fourth-order valence-electron chi connectivity index (χ4n) is 5.09. The highest BCUT2D eigenvalue weighted by atomic mass is 79.9. The summed E-state index contributed by atoms with van der Waals surface area (Å²) in [5, 5.41) is 0. The summed E-state index contributed by atoms with van der Waals surface area (Å²) in [4.78, 5) is 0.641. The van der Waals surface area contributed by atoms with Gasteiger partial charge in [0.05, 0.1) is 7.11 Å². The van der Waals surface area contributed by atoms with Crippen molar-refractivity contribution in [3.63, 3.8) is 0 Å². The van der Waals surface area contributed by atoms with Gasteiger partial charge in [-0.1, -0.05) is 34.1 Å². The Bertz CT molecular complexity index is 470. The quantitative estimate of drug-likeness (QED) is 0.752. The van der Waals surface area contributed by atoms with Crippen LogP contribution < -0.4 is 4.74 Å². The van der Waals surface area contributed by atoms with Crippen LogP contribution in [-0.4, -0.2) is 11.9 Å². The molecule has 3 aliphatic carbocycles. The first kappa shape index (κ1) is 12.3. The van der Waals surface area contributed by atoms with Gasteiger partial charge in [0.1, 0.15) is 5.75 Å². The Labute approximate surface area is 123 Å². The maximum Gasteiger partial charge on any atom is 0.122 e. The second kappa shape index (κ2) is 4.51. The molecule has 2 heteroatoms. The summed E-state index contributed by atoms with van der Waals surface area (Å²) < 4.78 is 5.47. The van der Waals surface area contributed by atoms with E-state index in [4.69, 9.17) is 4.74 Å². The van der Waals surface area contributed by atoms with Crippen LogP contribution in [0.3, 0.4) is 0 Å². The van der Waals surface area contributed by atoms with Crippen LogP contribution in [0.25, 0.3) is 0 Å². The zero-order chi connectivity index (χ0) is 13.0. The lowest BCUT2D eigenvalue weighted by Gasteiger charge is -2.16. The Morgan fingerprint density at radius 1 is 1.21 bits per heavy atom. The number of ether oxygens (including phenoxy) is 1. The van der Waals surface area contributed by atoms with Gasteiger partial charge in [-0.25, -0.2) is 0 Å². The van der Waals surface area contributed by atoms with Crippen LogP contribution in [0.5, 0.6) is 5.75 Å². The number of halogens is 1. The fourth-order valence-corrected chi connectivity index (χ4v) is 6.15. The van der Waals surface area contributed by atoms with E-state index in [0.717, 1.165) is 41.8 Å². The molecule has 0 aromatic heterocycles. The smallest absolute Gasteiger partial charge is 0.122 e. The third-order valence-electron chi connectivity index (χ3n) is 5.82. The number of methoxy groups -OCH3 is 1. The topological polar surface area (TPSA) is 9.23 Å². The predicted octanol–water partition coefficient (Wildman–Crippen LogP) is 4.29. The van der Waals surface area contributed by atoms with Gasteiger partial charge in [-0.15, -0.1) is 0 Å². The van der Waals surface area contributed by atoms with E-state index < -0.39 is 0 Å². The molecule has 4 rings (SSSR count). The van der Waals surface area contributed by atoms with Crippen molar-refractivity contribution in [1.82, 2.24) is 0 Å². The summed E-state index contributed by atoms with van der Waals surface area (Å²) in [6, 6.07) is 8.46. The Balaban J connectivity index is 1.47. The van der Waals surface area contributed by atoms with Crippen molar-refractivity contribution in [2.75, 3.05) is 7.11 Å². The lowest BCUT2D eigenvalue weighted by Crippen LogP contribution is -2.13. The number of hydrogen-bond donors (Lipinski definition) is 0. The molecule has 0 saturated heterocycles. The number of rotatable bonds is 4. The van der Waals surface area contributed by atoms with Crippen molar-refractivity contribution < 1.29 is 4.74 Å². The van der Waals surface area contributed by atoms with E-state index in [0.29, 0.717) is 4.83 Å². The van der Waals surface area contributed by atoms with Crippen molar-refractivity contribution >= 4 is 15.9 Å². The van der Waals surface area contributed by atoms with E-state index in [1.54, 1.807) is 13.5 Å². The van der Waals surface area contributed by atoms with Crippen molar-refractivity contribution in [3.8, 4) is 5.75 Å². The normalized spacial score (nSPS) is 40.0. The maximum atomic E-state index is 5.47. The minimum atomic E-state index is 0.641. The monoisotopic (exact) mass is 320 g/mol. The van der Waals surface area contributed by atoms with Gasteiger partial charge in [-0.05, 0) is 66.9 Å². The third kappa shape index (κ3) is 1.86. The molecule has 3 fully saturated rings. The van der Waals surface area contributed by atoms with Gasteiger partial charge in [0.2, 0.25) is 0 Å². The second-order valence-corrected chi connectivity index (χ2v) is 7.77. The van der Waals surface area contributed by atoms with Crippen LogP contribution in [0.15, 0.2) is 24.3 Å². The van der Waals surface area contributed by atoms with Crippen molar-refractivity contribution in [2.45, 2.75) is 30.5 Å². The Hall–Kier alpha value is -0.500. The third-order valence-corrected chi connectivity index (χ3v) is 6.75. The Morgan fingerprint density at radius 2 is 1.89 bits per heavy atom. The highest BCUT2D eigenvalue weighted by Gasteiger charge is 2.66. The highest BCUT2D eigenvalue weighted by Crippen LogP contribution is 2.71. The van der Waals surface area contributed by atoms with Crippen LogP contribution in [0.2, 0.25) is 0 Å². The van der Waals surface area contributed by atoms with Crippen LogP contribution >= 0.6 is 15.9 Å². The fraction of sp³-hybridized carbons (Fsp3) is 0.647. The summed E-state index contributed by atoms with van der Waals surface area (Å²) in [6.45, 7) is 0. The molecule has 1 aromatic rings. The molecular weight excluding hydrogens is 300 g/mol. The lowest BCUT2D eigenvalue weighted by atomic mass is 9.97. The summed E-state index contributed by atoms with van der Waals surface area (Å²) >= 11 is 3.99. The van der Waals surface area contributed by atoms with Gasteiger partial charge < -0.3 is 4.74 Å². The van der Waals surface area contributed by atoms with E-state index in [-0.39, 0.29) is 0 Å². The second-order valence-electron chi connectivity index (χ2n) is 6.60. The average molecular weight is 321 g/mol. The molecule has 0 radical (unpaired) electrons. The predicted molar refractivity (Wildman–Crippen MR) is 80.7 cm³/mol. The minimum Gasteiger partial charge on any atom is -0.496 e. The van der Waals surface area contributed by atoms with E-state index >= 15 is 0 Å². The van der Waals surface area contributed by atoms with Crippen LogP contribution in [0, 0.1) is 29.6 Å². The van der Waals surface area contributed by atoms with Crippen molar-refractivity contribution in [2.24, 2.45) is 29.6 Å². The molecule has 0 spiro atoms. The summed E-state index contributed by atoms with van der Waals surface area (Å²) in [6.07, 6.45) is 5.68. The van der Waals surface area contributed by atoms with Crippen molar-refractivity contribution in [3.05, 3.63) is 29.8 Å². The average Bonchev–Trinajstić information content (AvgIpc) is 2.88. The van der Waals surface area contributed by atoms with Gasteiger partial charge >= 0.3 is 0 Å². The molecule has 102 valence electrons. The first-order chi connectivity index (χ1) is 9.29. The molecule has 5 unspecified atom stereocenters. The molecule has 1 aromatic carbocycles. The van der Waals surface area contributed by atoms with Gasteiger partial charge in [0, 0.05) is 4.83 Å². The van der Waals surface area contributed by atoms with Crippen LogP contribution in [-0.2, 0) is 6.42 Å². The number of alkyl halides is 1. The molecule has 0 heterocycles. The number of para-hydroxylation sites is 1. The first-order valence-corrected chi connectivity index (χ1v) is 8.47. The number of benzene rings is 1. The number of hydrogen-bond acceptors (Lipinski definition) is 1. The molecule has 1 nitrogen and oxygen atoms in total. The molecule has 5 atom stereocenters. The molecule has 2 bridgehead atoms. The molecule has 3 aliphatic rings. The SMILES string of the molecule is COc1ccccc1CC(Br)C1C2C3CCC(C3)C12. The lowest BCUT2D eigenvalue weighted by molar-refractivity contribution is 0.406. The zero-order valence-corrected chi connectivity index (χ0v) is 13.0. The summed E-state index contributed by atoms with van der Waals surface area (Å²) in [5.74, 6) is 6.22. The number of fused-ring (bicyclic) bond motifs is 5. The Morgan fingerprint density at radius 3 is 2.58 bits per heavy atom. The first-order valence-electron chi connectivity index (χ1n) is 7.55.